The van der Waals surface area contributed by atoms with E-state index in [4.69, 9.17) is 0 Å². The van der Waals surface area contributed by atoms with E-state index < -0.39 is 5.60 Å². The van der Waals surface area contributed by atoms with Crippen molar-refractivity contribution in [3.05, 3.63) is 35.4 Å². The third kappa shape index (κ3) is 2.68. The van der Waals surface area contributed by atoms with Crippen molar-refractivity contribution < 1.29 is 5.11 Å². The second-order valence-corrected chi connectivity index (χ2v) is 4.97. The van der Waals surface area contributed by atoms with Gasteiger partial charge in [-0.2, -0.15) is 0 Å². The Hall–Kier alpha value is -0.900. The maximum atomic E-state index is 10.6. The van der Waals surface area contributed by atoms with Crippen LogP contribution in [0.3, 0.4) is 0 Å². The van der Waals surface area contributed by atoms with Gasteiger partial charge in [0, 0.05) is 6.54 Å². The Morgan fingerprint density at radius 2 is 2.24 bits per heavy atom. The smallest absolute Gasteiger partial charge is 0.0937 e. The van der Waals surface area contributed by atoms with Gasteiger partial charge in [-0.3, -0.25) is 0 Å². The molecule has 2 unspecified atom stereocenters. The summed E-state index contributed by atoms with van der Waals surface area (Å²) in [6.45, 7) is 6.37. The zero-order valence-corrected chi connectivity index (χ0v) is 10.7. The SMILES string of the molecule is CCNCC(C)(O)C1NCCc2ccccc21. The lowest BCUT2D eigenvalue weighted by atomic mass is 9.84. The average molecular weight is 234 g/mol. The standard InChI is InChI=1S/C14H22N2O/c1-3-15-10-14(2,17)13-12-7-5-4-6-11(12)8-9-16-13/h4-7,13,15-17H,3,8-10H2,1-2H3. The van der Waals surface area contributed by atoms with Crippen molar-refractivity contribution in [2.24, 2.45) is 0 Å². The van der Waals surface area contributed by atoms with Crippen LogP contribution in [0, 0.1) is 0 Å². The van der Waals surface area contributed by atoms with Gasteiger partial charge in [-0.05, 0) is 37.6 Å². The highest BCUT2D eigenvalue weighted by Crippen LogP contribution is 2.30. The van der Waals surface area contributed by atoms with Crippen molar-refractivity contribution in [3.63, 3.8) is 0 Å². The summed E-state index contributed by atoms with van der Waals surface area (Å²) in [7, 11) is 0. The normalized spacial score (nSPS) is 22.9. The summed E-state index contributed by atoms with van der Waals surface area (Å²) in [5.74, 6) is 0. The fourth-order valence-electron chi connectivity index (χ4n) is 2.54. The first-order valence-electron chi connectivity index (χ1n) is 6.39. The van der Waals surface area contributed by atoms with E-state index in [1.54, 1.807) is 0 Å². The number of rotatable bonds is 4. The molecule has 94 valence electrons. The summed E-state index contributed by atoms with van der Waals surface area (Å²) >= 11 is 0. The minimum atomic E-state index is -0.757. The van der Waals surface area contributed by atoms with Crippen molar-refractivity contribution in [2.45, 2.75) is 31.9 Å². The molecule has 2 rings (SSSR count). The van der Waals surface area contributed by atoms with E-state index in [9.17, 15) is 5.11 Å². The van der Waals surface area contributed by atoms with Gasteiger partial charge < -0.3 is 15.7 Å². The van der Waals surface area contributed by atoms with E-state index in [1.807, 2.05) is 13.0 Å². The molecule has 0 bridgehead atoms. The highest BCUT2D eigenvalue weighted by atomic mass is 16.3. The molecule has 1 aliphatic rings. The zero-order chi connectivity index (χ0) is 12.3. The number of fused-ring (bicyclic) bond motifs is 1. The first-order valence-corrected chi connectivity index (χ1v) is 6.39. The summed E-state index contributed by atoms with van der Waals surface area (Å²) < 4.78 is 0. The van der Waals surface area contributed by atoms with E-state index in [-0.39, 0.29) is 6.04 Å². The van der Waals surface area contributed by atoms with Crippen LogP contribution in [0.15, 0.2) is 24.3 Å². The molecule has 1 heterocycles. The molecule has 0 spiro atoms. The highest BCUT2D eigenvalue weighted by molar-refractivity contribution is 5.34. The van der Waals surface area contributed by atoms with E-state index in [0.717, 1.165) is 19.5 Å². The first-order chi connectivity index (χ1) is 8.15. The van der Waals surface area contributed by atoms with Gasteiger partial charge in [0.25, 0.3) is 0 Å². The second-order valence-electron chi connectivity index (χ2n) is 4.97. The summed E-state index contributed by atoms with van der Waals surface area (Å²) in [4.78, 5) is 0. The number of hydrogen-bond donors (Lipinski definition) is 3. The maximum absolute atomic E-state index is 10.6. The first kappa shape index (κ1) is 12.6. The molecule has 3 N–H and O–H groups in total. The topological polar surface area (TPSA) is 44.3 Å². The monoisotopic (exact) mass is 234 g/mol. The number of aliphatic hydroxyl groups is 1. The second kappa shape index (κ2) is 5.17. The maximum Gasteiger partial charge on any atom is 0.0937 e. The van der Waals surface area contributed by atoms with Crippen molar-refractivity contribution in [1.82, 2.24) is 10.6 Å². The third-order valence-corrected chi connectivity index (χ3v) is 3.46. The minimum Gasteiger partial charge on any atom is -0.387 e. The lowest BCUT2D eigenvalue weighted by Crippen LogP contribution is -2.50. The Balaban J connectivity index is 2.22. The van der Waals surface area contributed by atoms with Gasteiger partial charge in [-0.15, -0.1) is 0 Å². The Morgan fingerprint density at radius 1 is 1.47 bits per heavy atom. The lowest BCUT2D eigenvalue weighted by molar-refractivity contribution is 0.0172. The fraction of sp³-hybridized carbons (Fsp3) is 0.571. The van der Waals surface area contributed by atoms with Crippen LogP contribution in [0.1, 0.15) is 31.0 Å². The molecular formula is C14H22N2O. The minimum absolute atomic E-state index is 0.0199. The molecule has 1 aliphatic heterocycles. The Labute approximate surface area is 103 Å². The van der Waals surface area contributed by atoms with E-state index in [2.05, 4.69) is 35.8 Å². The molecule has 17 heavy (non-hydrogen) atoms. The molecule has 0 saturated heterocycles. The molecule has 3 nitrogen and oxygen atoms in total. The summed E-state index contributed by atoms with van der Waals surface area (Å²) in [6, 6.07) is 8.41. The molecule has 0 aromatic heterocycles. The van der Waals surface area contributed by atoms with Crippen LogP contribution >= 0.6 is 0 Å². The van der Waals surface area contributed by atoms with Crippen LogP contribution in [0.2, 0.25) is 0 Å². The molecule has 0 aliphatic carbocycles. The molecule has 0 saturated carbocycles. The van der Waals surface area contributed by atoms with Gasteiger partial charge in [-0.1, -0.05) is 31.2 Å². The molecule has 3 heteroatoms. The number of likely N-dealkylation sites (N-methyl/N-ethyl adjacent to an activating group) is 1. The predicted octanol–water partition coefficient (Wildman–Crippen LogP) is 1.23. The van der Waals surface area contributed by atoms with Crippen molar-refractivity contribution >= 4 is 0 Å². The largest absolute Gasteiger partial charge is 0.387 e. The van der Waals surface area contributed by atoms with Gasteiger partial charge in [-0.25, -0.2) is 0 Å². The van der Waals surface area contributed by atoms with Crippen molar-refractivity contribution in [3.8, 4) is 0 Å². The number of benzene rings is 1. The third-order valence-electron chi connectivity index (χ3n) is 3.46. The molecule has 1 aromatic rings. The molecule has 2 atom stereocenters. The molecule has 0 radical (unpaired) electrons. The van der Waals surface area contributed by atoms with Crippen LogP contribution in [-0.4, -0.2) is 30.3 Å². The van der Waals surface area contributed by atoms with Gasteiger partial charge in [0.15, 0.2) is 0 Å². The summed E-state index contributed by atoms with van der Waals surface area (Å²) in [5, 5.41) is 17.3. The van der Waals surface area contributed by atoms with Crippen LogP contribution in [0.4, 0.5) is 0 Å². The van der Waals surface area contributed by atoms with Gasteiger partial charge >= 0.3 is 0 Å². The molecule has 0 fully saturated rings. The molecule has 0 amide bonds. The van der Waals surface area contributed by atoms with E-state index >= 15 is 0 Å². The molecular weight excluding hydrogens is 212 g/mol. The lowest BCUT2D eigenvalue weighted by Gasteiger charge is -2.38. The van der Waals surface area contributed by atoms with E-state index in [0.29, 0.717) is 6.54 Å². The van der Waals surface area contributed by atoms with Crippen LogP contribution in [-0.2, 0) is 6.42 Å². The van der Waals surface area contributed by atoms with Gasteiger partial charge in [0.2, 0.25) is 0 Å². The van der Waals surface area contributed by atoms with Gasteiger partial charge in [0.05, 0.1) is 11.6 Å². The van der Waals surface area contributed by atoms with Crippen LogP contribution in [0.25, 0.3) is 0 Å². The van der Waals surface area contributed by atoms with Gasteiger partial charge in [0.1, 0.15) is 0 Å². The average Bonchev–Trinajstić information content (AvgIpc) is 2.36. The van der Waals surface area contributed by atoms with E-state index in [1.165, 1.54) is 11.1 Å². The number of hydrogen-bond acceptors (Lipinski definition) is 3. The summed E-state index contributed by atoms with van der Waals surface area (Å²) in [6.07, 6.45) is 1.05. The number of nitrogens with one attached hydrogen (secondary N) is 2. The quantitative estimate of drug-likeness (QED) is 0.734. The predicted molar refractivity (Wildman–Crippen MR) is 70.1 cm³/mol. The van der Waals surface area contributed by atoms with Crippen molar-refractivity contribution in [2.75, 3.05) is 19.6 Å². The Bertz CT molecular complexity index is 376. The summed E-state index contributed by atoms with van der Waals surface area (Å²) in [5.41, 5.74) is 1.83. The fourth-order valence-corrected chi connectivity index (χ4v) is 2.54. The Kier molecular flexibility index (Phi) is 3.82. The highest BCUT2D eigenvalue weighted by Gasteiger charge is 2.35. The van der Waals surface area contributed by atoms with Crippen molar-refractivity contribution in [1.29, 1.82) is 0 Å². The van der Waals surface area contributed by atoms with Crippen LogP contribution < -0.4 is 10.6 Å². The zero-order valence-electron chi connectivity index (χ0n) is 10.7. The molecule has 1 aromatic carbocycles. The van der Waals surface area contributed by atoms with Crippen LogP contribution in [0.5, 0.6) is 0 Å². The Morgan fingerprint density at radius 3 is 3.00 bits per heavy atom.